The Morgan fingerprint density at radius 3 is 2.00 bits per heavy atom. The first-order valence-corrected chi connectivity index (χ1v) is 10.5. The van der Waals surface area contributed by atoms with Gasteiger partial charge in [0.15, 0.2) is 0 Å². The van der Waals surface area contributed by atoms with Crippen molar-refractivity contribution in [3.8, 4) is 0 Å². The molecule has 0 heterocycles. The first-order chi connectivity index (χ1) is 10.2. The summed E-state index contributed by atoms with van der Waals surface area (Å²) >= 11 is -0.556. The first kappa shape index (κ1) is 18.0. The van der Waals surface area contributed by atoms with Gasteiger partial charge < -0.3 is 5.11 Å². The van der Waals surface area contributed by atoms with Crippen LogP contribution >= 0.6 is 18.6 Å². The van der Waals surface area contributed by atoms with E-state index in [1.807, 2.05) is 67.6 Å². The van der Waals surface area contributed by atoms with Crippen LogP contribution in [0, 0.1) is 0 Å². The average Bonchev–Trinajstić information content (AvgIpc) is 2.50. The molecule has 0 unspecified atom stereocenters. The van der Waals surface area contributed by atoms with Crippen LogP contribution in [0.3, 0.4) is 0 Å². The Kier molecular flexibility index (Phi) is 9.12. The van der Waals surface area contributed by atoms with E-state index in [-0.39, 0.29) is 5.76 Å². The van der Waals surface area contributed by atoms with Crippen molar-refractivity contribution in [1.82, 2.24) is 0 Å². The van der Waals surface area contributed by atoms with E-state index in [9.17, 15) is 5.11 Å². The number of hydrogen-bond donors (Lipinski definition) is 1. The SMILES string of the molecule is CC(/C=C(\O)c1ccccc1)=Nc1ccccc1.[Cl][Ti][Cl]. The molecular weight excluding hydrogens is 341 g/mol. The second-order valence-corrected chi connectivity index (χ2v) is 6.63. The van der Waals surface area contributed by atoms with Gasteiger partial charge in [0.05, 0.1) is 5.69 Å². The van der Waals surface area contributed by atoms with E-state index < -0.39 is 17.0 Å². The molecule has 2 nitrogen and oxygen atoms in total. The van der Waals surface area contributed by atoms with E-state index in [0.29, 0.717) is 0 Å². The Hall–Kier alpha value is -1.06. The normalized spacial score (nSPS) is 11.4. The van der Waals surface area contributed by atoms with Gasteiger partial charge in [-0.05, 0) is 19.1 Å². The Bertz CT molecular complexity index is 586. The van der Waals surface area contributed by atoms with Crippen LogP contribution in [0.15, 0.2) is 71.7 Å². The van der Waals surface area contributed by atoms with E-state index in [1.165, 1.54) is 0 Å². The molecule has 0 saturated carbocycles. The molecule has 108 valence electrons. The van der Waals surface area contributed by atoms with E-state index in [2.05, 4.69) is 4.99 Å². The molecule has 2 aromatic carbocycles. The number of para-hydroxylation sites is 1. The van der Waals surface area contributed by atoms with E-state index in [4.69, 9.17) is 18.6 Å². The van der Waals surface area contributed by atoms with Crippen molar-refractivity contribution in [3.05, 3.63) is 72.3 Å². The standard InChI is InChI=1S/C16H15NO.2ClH.Ti/c1-13(17-15-10-6-3-7-11-15)12-16(18)14-8-4-2-5-9-14;;;/h2-12,18H,1H3;2*1H;/q;;;+2/p-2/b16-12-,17-13?;;;. The van der Waals surface area contributed by atoms with Gasteiger partial charge in [-0.15, -0.1) is 0 Å². The summed E-state index contributed by atoms with van der Waals surface area (Å²) in [5.41, 5.74) is 2.44. The van der Waals surface area contributed by atoms with Crippen LogP contribution in [0.1, 0.15) is 12.5 Å². The molecule has 1 N–H and O–H groups in total. The number of allylic oxidation sites excluding steroid dienone is 1. The fourth-order valence-corrected chi connectivity index (χ4v) is 1.63. The summed E-state index contributed by atoms with van der Waals surface area (Å²) in [6.45, 7) is 1.87. The molecule has 0 aliphatic heterocycles. The molecule has 2 aromatic rings. The molecule has 0 spiro atoms. The van der Waals surface area contributed by atoms with Crippen LogP contribution < -0.4 is 0 Å². The molecule has 0 atom stereocenters. The molecule has 2 rings (SSSR count). The first-order valence-electron chi connectivity index (χ1n) is 6.20. The summed E-state index contributed by atoms with van der Waals surface area (Å²) in [5, 5.41) is 9.95. The number of hydrogen-bond acceptors (Lipinski definition) is 2. The van der Waals surface area contributed by atoms with Crippen molar-refractivity contribution >= 4 is 35.8 Å². The third-order valence-corrected chi connectivity index (χ3v) is 2.48. The second-order valence-electron chi connectivity index (χ2n) is 4.06. The van der Waals surface area contributed by atoms with Crippen LogP contribution in [0.4, 0.5) is 5.69 Å². The maximum atomic E-state index is 9.95. The maximum absolute atomic E-state index is 9.95. The number of aliphatic imine (C=N–C) groups is 1. The second kappa shape index (κ2) is 10.6. The zero-order chi connectivity index (χ0) is 15.5. The quantitative estimate of drug-likeness (QED) is 0.424. The molecule has 0 saturated heterocycles. The van der Waals surface area contributed by atoms with E-state index >= 15 is 0 Å². The van der Waals surface area contributed by atoms with Gasteiger partial charge in [-0.3, -0.25) is 4.99 Å². The van der Waals surface area contributed by atoms with Crippen LogP contribution in [-0.4, -0.2) is 10.8 Å². The number of benzene rings is 2. The van der Waals surface area contributed by atoms with Crippen molar-refractivity contribution in [2.24, 2.45) is 4.99 Å². The monoisotopic (exact) mass is 355 g/mol. The molecule has 0 aliphatic carbocycles. The van der Waals surface area contributed by atoms with Gasteiger partial charge in [-0.25, -0.2) is 0 Å². The summed E-state index contributed by atoms with van der Waals surface area (Å²) in [7, 11) is 9.78. The van der Waals surface area contributed by atoms with Crippen molar-refractivity contribution in [2.75, 3.05) is 0 Å². The number of halogens is 2. The van der Waals surface area contributed by atoms with Gasteiger partial charge in [-0.2, -0.15) is 0 Å². The number of nitrogens with zero attached hydrogens (tertiary/aromatic N) is 1. The van der Waals surface area contributed by atoms with Crippen LogP contribution in [0.5, 0.6) is 0 Å². The molecule has 0 fully saturated rings. The van der Waals surface area contributed by atoms with Crippen LogP contribution in [0.2, 0.25) is 0 Å². The van der Waals surface area contributed by atoms with Crippen molar-refractivity contribution < 1.29 is 22.1 Å². The van der Waals surface area contributed by atoms with Gasteiger partial charge in [0.1, 0.15) is 5.76 Å². The predicted molar refractivity (Wildman–Crippen MR) is 88.0 cm³/mol. The summed E-state index contributed by atoms with van der Waals surface area (Å²) < 4.78 is 0. The molecule has 0 aromatic heterocycles. The zero-order valence-corrected chi connectivity index (χ0v) is 14.6. The molecule has 0 radical (unpaired) electrons. The van der Waals surface area contributed by atoms with E-state index in [1.54, 1.807) is 6.08 Å². The molecule has 21 heavy (non-hydrogen) atoms. The fourth-order valence-electron chi connectivity index (χ4n) is 1.63. The molecule has 0 bridgehead atoms. The molecular formula is C16H15Cl2NOTi. The van der Waals surface area contributed by atoms with Gasteiger partial charge in [0.2, 0.25) is 0 Å². The Morgan fingerprint density at radius 1 is 1.00 bits per heavy atom. The Balaban J connectivity index is 0.000000677. The molecule has 5 heteroatoms. The van der Waals surface area contributed by atoms with Gasteiger partial charge in [-0.1, -0.05) is 48.5 Å². The summed E-state index contributed by atoms with van der Waals surface area (Å²) in [4.78, 5) is 4.40. The van der Waals surface area contributed by atoms with Crippen LogP contribution in [-0.2, 0) is 17.0 Å². The van der Waals surface area contributed by atoms with Crippen molar-refractivity contribution in [1.29, 1.82) is 0 Å². The minimum absolute atomic E-state index is 0.229. The summed E-state index contributed by atoms with van der Waals surface area (Å²) in [5.74, 6) is 0.229. The molecule has 0 aliphatic rings. The third kappa shape index (κ3) is 7.49. The van der Waals surface area contributed by atoms with E-state index in [0.717, 1.165) is 17.0 Å². The predicted octanol–water partition coefficient (Wildman–Crippen LogP) is 5.75. The summed E-state index contributed by atoms with van der Waals surface area (Å²) in [6, 6.07) is 19.1. The Morgan fingerprint density at radius 2 is 1.48 bits per heavy atom. The average molecular weight is 356 g/mol. The third-order valence-electron chi connectivity index (χ3n) is 2.48. The van der Waals surface area contributed by atoms with Crippen molar-refractivity contribution in [3.63, 3.8) is 0 Å². The summed E-state index contributed by atoms with van der Waals surface area (Å²) in [6.07, 6.45) is 1.67. The number of aliphatic hydroxyl groups is 1. The zero-order valence-electron chi connectivity index (χ0n) is 11.5. The fraction of sp³-hybridized carbons (Fsp3) is 0.0625. The minimum atomic E-state index is -0.556. The van der Waals surface area contributed by atoms with Gasteiger partial charge >= 0.3 is 35.6 Å². The van der Waals surface area contributed by atoms with Gasteiger partial charge in [0.25, 0.3) is 0 Å². The molecule has 0 amide bonds. The Labute approximate surface area is 141 Å². The topological polar surface area (TPSA) is 32.6 Å². The number of rotatable bonds is 3. The van der Waals surface area contributed by atoms with Crippen molar-refractivity contribution in [2.45, 2.75) is 6.92 Å². The van der Waals surface area contributed by atoms with Gasteiger partial charge in [0, 0.05) is 17.4 Å². The number of aliphatic hydroxyl groups excluding tert-OH is 1. The van der Waals surface area contributed by atoms with Crippen LogP contribution in [0.25, 0.3) is 5.76 Å².